The molecule has 0 unspecified atom stereocenters. The van der Waals surface area contributed by atoms with Crippen molar-refractivity contribution in [1.82, 2.24) is 4.57 Å². The SMILES string of the molecule is COc1ccc2cc(=O)n(C)cc2c1. The van der Waals surface area contributed by atoms with Gasteiger partial charge in [-0.2, -0.15) is 0 Å². The van der Waals surface area contributed by atoms with Crippen LogP contribution >= 0.6 is 0 Å². The summed E-state index contributed by atoms with van der Waals surface area (Å²) >= 11 is 0. The molecule has 0 saturated heterocycles. The first-order valence-corrected chi connectivity index (χ1v) is 4.35. The van der Waals surface area contributed by atoms with Gasteiger partial charge in [0.05, 0.1) is 7.11 Å². The Hall–Kier alpha value is -1.77. The normalized spacial score (nSPS) is 10.4. The highest BCUT2D eigenvalue weighted by Crippen LogP contribution is 2.18. The molecule has 0 amide bonds. The van der Waals surface area contributed by atoms with Gasteiger partial charge in [0.25, 0.3) is 5.56 Å². The Bertz CT molecular complexity index is 528. The highest BCUT2D eigenvalue weighted by atomic mass is 16.5. The van der Waals surface area contributed by atoms with Gasteiger partial charge in [-0.05, 0) is 17.5 Å². The van der Waals surface area contributed by atoms with Crippen LogP contribution in [0.4, 0.5) is 0 Å². The van der Waals surface area contributed by atoms with E-state index in [1.165, 1.54) is 0 Å². The standard InChI is InChI=1S/C11H11NO2/c1-12-7-9-5-10(14-2)4-3-8(9)6-11(12)13/h3-7H,1-2H3. The van der Waals surface area contributed by atoms with Crippen LogP contribution in [0.25, 0.3) is 10.8 Å². The smallest absolute Gasteiger partial charge is 0.250 e. The molecule has 2 aromatic rings. The minimum Gasteiger partial charge on any atom is -0.497 e. The Labute approximate surface area is 81.5 Å². The van der Waals surface area contributed by atoms with E-state index in [-0.39, 0.29) is 5.56 Å². The van der Waals surface area contributed by atoms with E-state index in [1.807, 2.05) is 18.2 Å². The molecule has 0 aliphatic heterocycles. The summed E-state index contributed by atoms with van der Waals surface area (Å²) in [5.74, 6) is 0.802. The van der Waals surface area contributed by atoms with Crippen LogP contribution < -0.4 is 10.3 Å². The van der Waals surface area contributed by atoms with Crippen LogP contribution in [-0.4, -0.2) is 11.7 Å². The fourth-order valence-electron chi connectivity index (χ4n) is 1.43. The molecule has 1 aromatic carbocycles. The quantitative estimate of drug-likeness (QED) is 0.681. The van der Waals surface area contributed by atoms with Gasteiger partial charge < -0.3 is 9.30 Å². The second-order valence-electron chi connectivity index (χ2n) is 3.22. The van der Waals surface area contributed by atoms with E-state index in [2.05, 4.69) is 0 Å². The van der Waals surface area contributed by atoms with E-state index >= 15 is 0 Å². The molecule has 14 heavy (non-hydrogen) atoms. The fraction of sp³-hybridized carbons (Fsp3) is 0.182. The van der Waals surface area contributed by atoms with E-state index in [9.17, 15) is 4.79 Å². The molecular weight excluding hydrogens is 178 g/mol. The summed E-state index contributed by atoms with van der Waals surface area (Å²) in [6.07, 6.45) is 1.81. The number of pyridine rings is 1. The van der Waals surface area contributed by atoms with Crippen LogP contribution in [0.2, 0.25) is 0 Å². The van der Waals surface area contributed by atoms with Crippen LogP contribution in [0, 0.1) is 0 Å². The molecule has 0 aliphatic carbocycles. The summed E-state index contributed by atoms with van der Waals surface area (Å²) in [6, 6.07) is 7.26. The lowest BCUT2D eigenvalue weighted by Gasteiger charge is -2.03. The van der Waals surface area contributed by atoms with Crippen LogP contribution in [0.15, 0.2) is 35.3 Å². The molecule has 0 fully saturated rings. The first-order chi connectivity index (χ1) is 6.70. The van der Waals surface area contributed by atoms with Gasteiger partial charge in [-0.1, -0.05) is 6.07 Å². The van der Waals surface area contributed by atoms with E-state index in [1.54, 1.807) is 31.0 Å². The summed E-state index contributed by atoms with van der Waals surface area (Å²) in [6.45, 7) is 0. The lowest BCUT2D eigenvalue weighted by Crippen LogP contribution is -2.13. The Kier molecular flexibility index (Phi) is 2.00. The monoisotopic (exact) mass is 189 g/mol. The number of benzene rings is 1. The number of hydrogen-bond acceptors (Lipinski definition) is 2. The molecule has 0 radical (unpaired) electrons. The van der Waals surface area contributed by atoms with Crippen molar-refractivity contribution in [3.63, 3.8) is 0 Å². The Morgan fingerprint density at radius 2 is 2.00 bits per heavy atom. The van der Waals surface area contributed by atoms with Crippen LogP contribution in [0.3, 0.4) is 0 Å². The predicted octanol–water partition coefficient (Wildman–Crippen LogP) is 1.55. The molecule has 0 spiro atoms. The molecule has 1 heterocycles. The highest BCUT2D eigenvalue weighted by Gasteiger charge is 1.98. The highest BCUT2D eigenvalue weighted by molar-refractivity contribution is 5.82. The Morgan fingerprint density at radius 3 is 2.71 bits per heavy atom. The summed E-state index contributed by atoms with van der Waals surface area (Å²) in [4.78, 5) is 11.3. The lowest BCUT2D eigenvalue weighted by molar-refractivity contribution is 0.415. The molecule has 3 heteroatoms. The molecular formula is C11H11NO2. The first kappa shape index (κ1) is 8.81. The summed E-state index contributed by atoms with van der Waals surface area (Å²) < 4.78 is 6.66. The summed E-state index contributed by atoms with van der Waals surface area (Å²) in [5.41, 5.74) is 0.00247. The second kappa shape index (κ2) is 3.18. The van der Waals surface area contributed by atoms with Crippen molar-refractivity contribution in [2.24, 2.45) is 7.05 Å². The molecule has 0 bridgehead atoms. The second-order valence-corrected chi connectivity index (χ2v) is 3.22. The minimum absolute atomic E-state index is 0.00247. The number of ether oxygens (including phenoxy) is 1. The lowest BCUT2D eigenvalue weighted by atomic mass is 10.2. The van der Waals surface area contributed by atoms with Crippen LogP contribution in [0.1, 0.15) is 0 Å². The first-order valence-electron chi connectivity index (χ1n) is 4.35. The molecule has 1 aromatic heterocycles. The van der Waals surface area contributed by atoms with Gasteiger partial charge in [-0.25, -0.2) is 0 Å². The molecule has 0 N–H and O–H groups in total. The molecule has 0 atom stereocenters. The van der Waals surface area contributed by atoms with Crippen LogP contribution in [-0.2, 0) is 7.05 Å². The number of aromatic nitrogens is 1. The average Bonchev–Trinajstić information content (AvgIpc) is 2.19. The zero-order chi connectivity index (χ0) is 10.1. The Balaban J connectivity index is 2.77. The number of rotatable bonds is 1. The molecule has 3 nitrogen and oxygen atoms in total. The Morgan fingerprint density at radius 1 is 1.21 bits per heavy atom. The maximum absolute atomic E-state index is 11.3. The maximum atomic E-state index is 11.3. The predicted molar refractivity (Wildman–Crippen MR) is 55.7 cm³/mol. The maximum Gasteiger partial charge on any atom is 0.250 e. The van der Waals surface area contributed by atoms with Crippen molar-refractivity contribution in [3.8, 4) is 5.75 Å². The van der Waals surface area contributed by atoms with Gasteiger partial charge in [0.15, 0.2) is 0 Å². The number of aryl methyl sites for hydroxylation is 1. The van der Waals surface area contributed by atoms with Crippen molar-refractivity contribution >= 4 is 10.8 Å². The van der Waals surface area contributed by atoms with E-state index in [4.69, 9.17) is 4.74 Å². The van der Waals surface area contributed by atoms with Gasteiger partial charge in [-0.15, -0.1) is 0 Å². The average molecular weight is 189 g/mol. The van der Waals surface area contributed by atoms with Gasteiger partial charge in [0.2, 0.25) is 0 Å². The van der Waals surface area contributed by atoms with Crippen molar-refractivity contribution < 1.29 is 4.74 Å². The van der Waals surface area contributed by atoms with Gasteiger partial charge in [-0.3, -0.25) is 4.79 Å². The van der Waals surface area contributed by atoms with Crippen molar-refractivity contribution in [2.75, 3.05) is 7.11 Å². The van der Waals surface area contributed by atoms with E-state index in [0.717, 1.165) is 16.5 Å². The zero-order valence-corrected chi connectivity index (χ0v) is 8.15. The molecule has 2 rings (SSSR count). The zero-order valence-electron chi connectivity index (χ0n) is 8.15. The van der Waals surface area contributed by atoms with Crippen LogP contribution in [0.5, 0.6) is 5.75 Å². The summed E-state index contributed by atoms with van der Waals surface area (Å²) in [5, 5.41) is 1.94. The van der Waals surface area contributed by atoms with E-state index < -0.39 is 0 Å². The van der Waals surface area contributed by atoms with Crippen molar-refractivity contribution in [2.45, 2.75) is 0 Å². The van der Waals surface area contributed by atoms with Gasteiger partial charge in [0, 0.05) is 24.7 Å². The topological polar surface area (TPSA) is 31.2 Å². The summed E-state index contributed by atoms with van der Waals surface area (Å²) in [7, 11) is 3.37. The number of hydrogen-bond donors (Lipinski definition) is 0. The third-order valence-electron chi connectivity index (χ3n) is 2.25. The van der Waals surface area contributed by atoms with Crippen molar-refractivity contribution in [1.29, 1.82) is 0 Å². The largest absolute Gasteiger partial charge is 0.497 e. The van der Waals surface area contributed by atoms with Crippen molar-refractivity contribution in [3.05, 3.63) is 40.8 Å². The third kappa shape index (κ3) is 1.37. The van der Waals surface area contributed by atoms with Gasteiger partial charge in [0.1, 0.15) is 5.75 Å². The molecule has 0 aliphatic rings. The number of methoxy groups -OCH3 is 1. The van der Waals surface area contributed by atoms with E-state index in [0.29, 0.717) is 0 Å². The number of fused-ring (bicyclic) bond motifs is 1. The molecule has 0 saturated carbocycles. The molecule has 72 valence electrons. The fourth-order valence-corrected chi connectivity index (χ4v) is 1.43. The van der Waals surface area contributed by atoms with Gasteiger partial charge >= 0.3 is 0 Å². The third-order valence-corrected chi connectivity index (χ3v) is 2.25. The number of nitrogens with zero attached hydrogens (tertiary/aromatic N) is 1. The minimum atomic E-state index is 0.00247.